The van der Waals surface area contributed by atoms with Gasteiger partial charge in [-0.15, -0.1) is 0 Å². The van der Waals surface area contributed by atoms with Crippen LogP contribution in [-0.2, 0) is 4.74 Å². The third kappa shape index (κ3) is 6.53. The van der Waals surface area contributed by atoms with Crippen LogP contribution in [0.25, 0.3) is 0 Å². The molecule has 0 aromatic rings. The van der Waals surface area contributed by atoms with Gasteiger partial charge in [0.2, 0.25) is 0 Å². The van der Waals surface area contributed by atoms with E-state index in [4.69, 9.17) is 4.74 Å². The molecule has 1 N–H and O–H groups in total. The van der Waals surface area contributed by atoms with E-state index >= 15 is 0 Å². The minimum absolute atomic E-state index is 0.0395. The molecule has 2 atom stereocenters. The van der Waals surface area contributed by atoms with Gasteiger partial charge in [-0.3, -0.25) is 4.90 Å². The van der Waals surface area contributed by atoms with Crippen LogP contribution in [0.5, 0.6) is 0 Å². The highest BCUT2D eigenvalue weighted by molar-refractivity contribution is 4.89. The maximum Gasteiger partial charge on any atom is 0.401 e. The smallest absolute Gasteiger partial charge is 0.372 e. The third-order valence-corrected chi connectivity index (χ3v) is 3.94. The summed E-state index contributed by atoms with van der Waals surface area (Å²) in [6.07, 6.45) is -0.485. The second-order valence-electron chi connectivity index (χ2n) is 7.36. The molecule has 3 nitrogen and oxygen atoms in total. The predicted octanol–water partition coefficient (Wildman–Crippen LogP) is 2.95. The van der Waals surface area contributed by atoms with Gasteiger partial charge in [0.15, 0.2) is 0 Å². The Hall–Kier alpha value is -0.330. The van der Waals surface area contributed by atoms with Crippen LogP contribution in [0.2, 0.25) is 0 Å². The normalized spacial score (nSPS) is 27.6. The van der Waals surface area contributed by atoms with E-state index in [1.807, 2.05) is 0 Å². The highest BCUT2D eigenvalue weighted by Gasteiger charge is 2.40. The van der Waals surface area contributed by atoms with Gasteiger partial charge < -0.3 is 10.1 Å². The second-order valence-corrected chi connectivity index (χ2v) is 7.36. The van der Waals surface area contributed by atoms with Crippen LogP contribution < -0.4 is 5.32 Å². The number of rotatable bonds is 6. The van der Waals surface area contributed by atoms with Crippen molar-refractivity contribution in [2.75, 3.05) is 19.6 Å². The largest absolute Gasteiger partial charge is 0.401 e. The molecule has 0 amide bonds. The Morgan fingerprint density at radius 1 is 1.05 bits per heavy atom. The van der Waals surface area contributed by atoms with Crippen LogP contribution in [0.15, 0.2) is 0 Å². The molecule has 2 rings (SSSR count). The topological polar surface area (TPSA) is 24.5 Å². The Bertz CT molecular complexity index is 337. The van der Waals surface area contributed by atoms with Gasteiger partial charge in [0, 0.05) is 24.7 Å². The number of alkyl halides is 3. The first-order valence-corrected chi connectivity index (χ1v) is 7.84. The number of nitrogens with one attached hydrogen (secondary N) is 1. The van der Waals surface area contributed by atoms with Crippen LogP contribution in [0.1, 0.15) is 46.5 Å². The lowest BCUT2D eigenvalue weighted by atomic mass is 10.1. The Balaban J connectivity index is 1.75. The fourth-order valence-corrected chi connectivity index (χ4v) is 2.76. The minimum Gasteiger partial charge on any atom is -0.372 e. The number of halogens is 3. The molecule has 1 saturated carbocycles. The van der Waals surface area contributed by atoms with Crippen molar-refractivity contribution in [1.29, 1.82) is 0 Å². The Kier molecular flexibility index (Phi) is 5.21. The van der Waals surface area contributed by atoms with Crippen molar-refractivity contribution < 1.29 is 17.9 Å². The van der Waals surface area contributed by atoms with E-state index in [2.05, 4.69) is 26.1 Å². The standard InChI is InChI=1S/C15H27F3N2O/c1-14(2,3)19-8-12-6-7-13(21-12)9-20(11-4-5-11)10-15(16,17)18/h11-13,19H,4-10H2,1-3H3. The van der Waals surface area contributed by atoms with Gasteiger partial charge in [-0.2, -0.15) is 13.2 Å². The molecule has 2 fully saturated rings. The molecular weight excluding hydrogens is 281 g/mol. The van der Waals surface area contributed by atoms with E-state index < -0.39 is 12.7 Å². The lowest BCUT2D eigenvalue weighted by Gasteiger charge is -2.27. The van der Waals surface area contributed by atoms with Crippen molar-refractivity contribution in [2.45, 2.75) is 76.4 Å². The maximum atomic E-state index is 12.6. The highest BCUT2D eigenvalue weighted by atomic mass is 19.4. The van der Waals surface area contributed by atoms with E-state index in [0.29, 0.717) is 6.54 Å². The SMILES string of the molecule is CC(C)(C)NCC1CCC(CN(CC(F)(F)F)C2CC2)O1. The van der Waals surface area contributed by atoms with Crippen LogP contribution in [0.3, 0.4) is 0 Å². The van der Waals surface area contributed by atoms with Gasteiger partial charge in [0.25, 0.3) is 0 Å². The molecule has 124 valence electrons. The summed E-state index contributed by atoms with van der Waals surface area (Å²) in [6, 6.07) is 0.113. The van der Waals surface area contributed by atoms with E-state index in [-0.39, 0.29) is 23.8 Å². The molecule has 0 radical (unpaired) electrons. The summed E-state index contributed by atoms with van der Waals surface area (Å²) >= 11 is 0. The summed E-state index contributed by atoms with van der Waals surface area (Å²) in [5.74, 6) is 0. The highest BCUT2D eigenvalue weighted by Crippen LogP contribution is 2.32. The van der Waals surface area contributed by atoms with Crippen molar-refractivity contribution in [3.05, 3.63) is 0 Å². The van der Waals surface area contributed by atoms with Gasteiger partial charge in [-0.25, -0.2) is 0 Å². The van der Waals surface area contributed by atoms with Crippen LogP contribution in [0, 0.1) is 0 Å². The van der Waals surface area contributed by atoms with E-state index in [1.54, 1.807) is 4.90 Å². The van der Waals surface area contributed by atoms with E-state index in [9.17, 15) is 13.2 Å². The molecular formula is C15H27F3N2O. The zero-order valence-electron chi connectivity index (χ0n) is 13.2. The first-order chi connectivity index (χ1) is 9.62. The van der Waals surface area contributed by atoms with Gasteiger partial charge in [0.05, 0.1) is 18.8 Å². The molecule has 2 unspecified atom stereocenters. The Morgan fingerprint density at radius 3 is 2.19 bits per heavy atom. The van der Waals surface area contributed by atoms with Crippen molar-refractivity contribution >= 4 is 0 Å². The van der Waals surface area contributed by atoms with E-state index in [1.165, 1.54) is 0 Å². The first-order valence-electron chi connectivity index (χ1n) is 7.84. The first kappa shape index (κ1) is 17.0. The average molecular weight is 308 g/mol. The maximum absolute atomic E-state index is 12.6. The average Bonchev–Trinajstić information content (AvgIpc) is 3.05. The quantitative estimate of drug-likeness (QED) is 0.816. The molecule has 6 heteroatoms. The Morgan fingerprint density at radius 2 is 1.67 bits per heavy atom. The van der Waals surface area contributed by atoms with E-state index in [0.717, 1.165) is 32.2 Å². The summed E-state index contributed by atoms with van der Waals surface area (Å²) < 4.78 is 43.7. The summed E-state index contributed by atoms with van der Waals surface area (Å²) in [4.78, 5) is 1.56. The van der Waals surface area contributed by atoms with Crippen molar-refractivity contribution in [1.82, 2.24) is 10.2 Å². The molecule has 2 aliphatic rings. The molecule has 1 aliphatic heterocycles. The lowest BCUT2D eigenvalue weighted by molar-refractivity contribution is -0.150. The lowest BCUT2D eigenvalue weighted by Crippen LogP contribution is -2.42. The summed E-state index contributed by atoms with van der Waals surface area (Å²) in [5, 5.41) is 3.39. The van der Waals surface area contributed by atoms with Crippen molar-refractivity contribution in [3.63, 3.8) is 0 Å². The van der Waals surface area contributed by atoms with Crippen molar-refractivity contribution in [2.24, 2.45) is 0 Å². The van der Waals surface area contributed by atoms with Gasteiger partial charge >= 0.3 is 6.18 Å². The van der Waals surface area contributed by atoms with Gasteiger partial charge in [0.1, 0.15) is 0 Å². The molecule has 1 aliphatic carbocycles. The number of hydrogen-bond acceptors (Lipinski definition) is 3. The molecule has 1 heterocycles. The fourth-order valence-electron chi connectivity index (χ4n) is 2.76. The van der Waals surface area contributed by atoms with Gasteiger partial charge in [-0.1, -0.05) is 0 Å². The predicted molar refractivity (Wildman–Crippen MR) is 76.3 cm³/mol. The summed E-state index contributed by atoms with van der Waals surface area (Å²) in [6.45, 7) is 6.66. The zero-order valence-corrected chi connectivity index (χ0v) is 13.2. The molecule has 1 saturated heterocycles. The van der Waals surface area contributed by atoms with Crippen LogP contribution in [0.4, 0.5) is 13.2 Å². The zero-order chi connectivity index (χ0) is 15.7. The van der Waals surface area contributed by atoms with Gasteiger partial charge in [-0.05, 0) is 46.5 Å². The number of nitrogens with zero attached hydrogens (tertiary/aromatic N) is 1. The number of ether oxygens (including phenoxy) is 1. The molecule has 0 bridgehead atoms. The van der Waals surface area contributed by atoms with Crippen LogP contribution >= 0.6 is 0 Å². The Labute approximate surface area is 125 Å². The summed E-state index contributed by atoms with van der Waals surface area (Å²) in [7, 11) is 0. The molecule has 0 aromatic carbocycles. The fraction of sp³-hybridized carbons (Fsp3) is 1.00. The molecule has 0 spiro atoms. The van der Waals surface area contributed by atoms with Crippen molar-refractivity contribution in [3.8, 4) is 0 Å². The molecule has 21 heavy (non-hydrogen) atoms. The van der Waals surface area contributed by atoms with Crippen LogP contribution in [-0.4, -0.2) is 54.5 Å². The summed E-state index contributed by atoms with van der Waals surface area (Å²) in [5.41, 5.74) is 0.0395. The third-order valence-electron chi connectivity index (χ3n) is 3.94. The monoisotopic (exact) mass is 308 g/mol. The second kappa shape index (κ2) is 6.42. The number of hydrogen-bond donors (Lipinski definition) is 1. The minimum atomic E-state index is -4.12. The molecule has 0 aromatic heterocycles.